The Morgan fingerprint density at radius 2 is 0.977 bits per heavy atom. The molecule has 9 rings (SSSR count). The van der Waals surface area contributed by atoms with Crippen LogP contribution in [0.5, 0.6) is 0 Å². The molecule has 0 radical (unpaired) electrons. The van der Waals surface area contributed by atoms with Gasteiger partial charge in [0.1, 0.15) is 6.07 Å². The Hall–Kier alpha value is -6.18. The highest BCUT2D eigenvalue weighted by molar-refractivity contribution is 6.16. The molecule has 4 heteroatoms. The number of hydrogen-bond acceptors (Lipinski definition) is 2. The van der Waals surface area contributed by atoms with Crippen molar-refractivity contribution >= 4 is 71.4 Å². The van der Waals surface area contributed by atoms with Crippen LogP contribution in [0.1, 0.15) is 11.1 Å². The quantitative estimate of drug-likeness (QED) is 0.215. The van der Waals surface area contributed by atoms with Crippen molar-refractivity contribution in [2.45, 2.75) is 0 Å². The molecule has 0 fully saturated rings. The lowest BCUT2D eigenvalue weighted by molar-refractivity contribution is 1.12. The number of nitrogens with zero attached hydrogens (tertiary/aromatic N) is 3. The van der Waals surface area contributed by atoms with Gasteiger partial charge in [-0.1, -0.05) is 84.9 Å². The van der Waals surface area contributed by atoms with Gasteiger partial charge in [0.2, 0.25) is 0 Å². The highest BCUT2D eigenvalue weighted by Gasteiger charge is 2.23. The Labute approximate surface area is 252 Å². The van der Waals surface area contributed by atoms with Gasteiger partial charge in [-0.3, -0.25) is 0 Å². The zero-order chi connectivity index (χ0) is 29.4. The number of nitriles is 1. The fourth-order valence-electron chi connectivity index (χ4n) is 7.08. The third-order valence-corrected chi connectivity index (χ3v) is 9.00. The summed E-state index contributed by atoms with van der Waals surface area (Å²) in [5.41, 5.74) is 6.93. The number of fused-ring (bicyclic) bond motifs is 8. The zero-order valence-corrected chi connectivity index (χ0v) is 23.6. The van der Waals surface area contributed by atoms with Crippen LogP contribution in [0.25, 0.3) is 76.5 Å². The van der Waals surface area contributed by atoms with E-state index in [1.54, 1.807) is 0 Å². The first-order chi connectivity index (χ1) is 21.7. The van der Waals surface area contributed by atoms with Crippen molar-refractivity contribution < 1.29 is 0 Å². The average Bonchev–Trinajstić information content (AvgIpc) is 3.57. The van der Waals surface area contributed by atoms with Gasteiger partial charge in [-0.15, -0.1) is 0 Å². The van der Waals surface area contributed by atoms with E-state index in [4.69, 9.17) is 5.41 Å². The largest absolute Gasteiger partial charge is 0.308 e. The first-order valence-electron chi connectivity index (χ1n) is 14.7. The first kappa shape index (κ1) is 24.4. The van der Waals surface area contributed by atoms with Crippen LogP contribution >= 0.6 is 0 Å². The molecule has 4 nitrogen and oxygen atoms in total. The molecule has 0 aliphatic rings. The minimum Gasteiger partial charge on any atom is -0.308 e. The van der Waals surface area contributed by atoms with Gasteiger partial charge in [0.15, 0.2) is 0 Å². The monoisotopic (exact) mass is 560 g/mol. The molecule has 0 unspecified atom stereocenters. The molecule has 44 heavy (non-hydrogen) atoms. The van der Waals surface area contributed by atoms with Gasteiger partial charge in [0.05, 0.1) is 39.0 Å². The fourth-order valence-corrected chi connectivity index (χ4v) is 7.08. The molecular weight excluding hydrogens is 536 g/mol. The molecule has 204 valence electrons. The van der Waals surface area contributed by atoms with Crippen LogP contribution in [0, 0.1) is 16.7 Å². The van der Waals surface area contributed by atoms with E-state index in [1.165, 1.54) is 17.0 Å². The SMILES string of the molecule is N#Cc1ccc(-n2c3ccccc3c3cc4ccccc4cc32)c(C=N)c1-n1c2ccccc2c2cc3ccccc3cc21. The van der Waals surface area contributed by atoms with Gasteiger partial charge >= 0.3 is 0 Å². The molecular formula is C40H24N4. The average molecular weight is 561 g/mol. The van der Waals surface area contributed by atoms with Crippen LogP contribution in [0.4, 0.5) is 0 Å². The van der Waals surface area contributed by atoms with Crippen molar-refractivity contribution in [1.82, 2.24) is 9.13 Å². The summed E-state index contributed by atoms with van der Waals surface area (Å²) in [5.74, 6) is 0. The van der Waals surface area contributed by atoms with Gasteiger partial charge in [-0.05, 0) is 70.1 Å². The molecule has 0 spiro atoms. The molecule has 0 saturated carbocycles. The predicted molar refractivity (Wildman–Crippen MR) is 183 cm³/mol. The van der Waals surface area contributed by atoms with E-state index in [1.807, 2.05) is 18.2 Å². The standard InChI is InChI=1S/C40H24N4/c41-23-29-17-18-37(43-35-15-7-5-13-30(35)32-19-25-9-1-3-11-27(25)21-38(32)43)34(24-42)40(29)44-36-16-8-6-14-31(36)33-20-26-10-2-4-12-28(26)22-39(33)44/h1-22,24,42H. The van der Waals surface area contributed by atoms with Gasteiger partial charge in [0.25, 0.3) is 0 Å². The molecule has 7 aromatic carbocycles. The first-order valence-corrected chi connectivity index (χ1v) is 14.7. The van der Waals surface area contributed by atoms with E-state index in [-0.39, 0.29) is 0 Å². The van der Waals surface area contributed by atoms with Crippen molar-refractivity contribution in [3.05, 3.63) is 145 Å². The molecule has 0 saturated heterocycles. The second-order valence-electron chi connectivity index (χ2n) is 11.3. The Morgan fingerprint density at radius 3 is 1.52 bits per heavy atom. The molecule has 0 aliphatic heterocycles. The number of benzene rings is 7. The van der Waals surface area contributed by atoms with Crippen LogP contribution in [-0.4, -0.2) is 15.3 Å². The fraction of sp³-hybridized carbons (Fsp3) is 0. The molecule has 2 aromatic heterocycles. The molecule has 0 amide bonds. The minimum atomic E-state index is 0.522. The van der Waals surface area contributed by atoms with E-state index < -0.39 is 0 Å². The van der Waals surface area contributed by atoms with Crippen LogP contribution in [0.2, 0.25) is 0 Å². The number of para-hydroxylation sites is 2. The Balaban J connectivity index is 1.45. The summed E-state index contributed by atoms with van der Waals surface area (Å²) in [6.45, 7) is 0. The molecule has 1 N–H and O–H groups in total. The lowest BCUT2D eigenvalue weighted by atomic mass is 10.0. The molecule has 2 heterocycles. The van der Waals surface area contributed by atoms with Crippen LogP contribution in [0.3, 0.4) is 0 Å². The highest BCUT2D eigenvalue weighted by Crippen LogP contribution is 2.40. The second-order valence-corrected chi connectivity index (χ2v) is 11.3. The summed E-state index contributed by atoms with van der Waals surface area (Å²) >= 11 is 0. The minimum absolute atomic E-state index is 0.522. The summed E-state index contributed by atoms with van der Waals surface area (Å²) in [5, 5.41) is 28.5. The van der Waals surface area contributed by atoms with Crippen molar-refractivity contribution in [3.8, 4) is 17.4 Å². The van der Waals surface area contributed by atoms with Gasteiger partial charge < -0.3 is 14.5 Å². The van der Waals surface area contributed by atoms with Crippen LogP contribution in [0.15, 0.2) is 133 Å². The van der Waals surface area contributed by atoms with Crippen LogP contribution < -0.4 is 0 Å². The summed E-state index contributed by atoms with van der Waals surface area (Å²) in [4.78, 5) is 0. The van der Waals surface area contributed by atoms with E-state index >= 15 is 0 Å². The Morgan fingerprint density at radius 1 is 0.500 bits per heavy atom. The summed E-state index contributed by atoms with van der Waals surface area (Å²) in [7, 11) is 0. The summed E-state index contributed by atoms with van der Waals surface area (Å²) < 4.78 is 4.44. The Bertz CT molecular complexity index is 2700. The van der Waals surface area contributed by atoms with Gasteiger partial charge in [0, 0.05) is 33.3 Å². The smallest absolute Gasteiger partial charge is 0.101 e. The van der Waals surface area contributed by atoms with Crippen LogP contribution in [-0.2, 0) is 0 Å². The second kappa shape index (κ2) is 9.16. The van der Waals surface area contributed by atoms with E-state index in [2.05, 4.69) is 130 Å². The van der Waals surface area contributed by atoms with Crippen molar-refractivity contribution in [1.29, 1.82) is 10.7 Å². The molecule has 0 aliphatic carbocycles. The lowest BCUT2D eigenvalue weighted by Gasteiger charge is -2.18. The maximum absolute atomic E-state index is 10.5. The normalized spacial score (nSPS) is 11.7. The number of nitrogens with one attached hydrogen (secondary N) is 1. The molecule has 9 aromatic rings. The maximum atomic E-state index is 10.5. The maximum Gasteiger partial charge on any atom is 0.101 e. The number of aromatic nitrogens is 2. The molecule has 0 bridgehead atoms. The Kier molecular flexibility index (Phi) is 5.08. The van der Waals surface area contributed by atoms with E-state index in [9.17, 15) is 5.26 Å². The summed E-state index contributed by atoms with van der Waals surface area (Å²) in [6.07, 6.45) is 1.41. The van der Waals surface area contributed by atoms with Gasteiger partial charge in [-0.2, -0.15) is 5.26 Å². The third-order valence-electron chi connectivity index (χ3n) is 9.00. The van der Waals surface area contributed by atoms with Gasteiger partial charge in [-0.25, -0.2) is 0 Å². The number of hydrogen-bond donors (Lipinski definition) is 1. The van der Waals surface area contributed by atoms with E-state index in [0.29, 0.717) is 16.8 Å². The van der Waals surface area contributed by atoms with E-state index in [0.717, 1.165) is 60.1 Å². The summed E-state index contributed by atoms with van der Waals surface area (Å²) in [6, 6.07) is 48.9. The number of rotatable bonds is 3. The lowest BCUT2D eigenvalue weighted by Crippen LogP contribution is -2.08. The van der Waals surface area contributed by atoms with Crippen molar-refractivity contribution in [3.63, 3.8) is 0 Å². The predicted octanol–water partition coefficient (Wildman–Crippen LogP) is 10.1. The zero-order valence-electron chi connectivity index (χ0n) is 23.6. The van der Waals surface area contributed by atoms with Crippen molar-refractivity contribution in [2.24, 2.45) is 0 Å². The molecule has 0 atom stereocenters. The highest BCUT2D eigenvalue weighted by atomic mass is 15.0. The topological polar surface area (TPSA) is 57.5 Å². The third kappa shape index (κ3) is 3.29. The van der Waals surface area contributed by atoms with Crippen molar-refractivity contribution in [2.75, 3.05) is 0 Å².